The van der Waals surface area contributed by atoms with Crippen molar-refractivity contribution < 1.29 is 0 Å². The third-order valence-corrected chi connectivity index (χ3v) is 3.24. The number of aromatic nitrogens is 3. The van der Waals surface area contributed by atoms with Gasteiger partial charge in [-0.3, -0.25) is 5.10 Å². The van der Waals surface area contributed by atoms with Crippen LogP contribution < -0.4 is 0 Å². The number of nitrogens with one attached hydrogen (secondary N) is 1. The Bertz CT molecular complexity index is 340. The lowest BCUT2D eigenvalue weighted by atomic mass is 9.99. The van der Waals surface area contributed by atoms with Gasteiger partial charge in [0.05, 0.1) is 0 Å². The first kappa shape index (κ1) is 12.4. The van der Waals surface area contributed by atoms with Crippen LogP contribution in [0.2, 0.25) is 0 Å². The molecular formula is C11H21N3S. The standard InChI is InChI=1S/C11H21N3S/c1-4-6-7-10(5-2)8-14-9(3)12-13-11(14)15/h10H,4-8H2,1-3H3,(H,13,15). The van der Waals surface area contributed by atoms with Crippen molar-refractivity contribution >= 4 is 12.2 Å². The zero-order valence-electron chi connectivity index (χ0n) is 9.92. The fourth-order valence-electron chi connectivity index (χ4n) is 1.79. The SMILES string of the molecule is CCCCC(CC)Cn1c(C)n[nH]c1=S. The Hall–Kier alpha value is -0.640. The highest BCUT2D eigenvalue weighted by Crippen LogP contribution is 2.15. The third kappa shape index (κ3) is 3.45. The first-order valence-corrected chi connectivity index (χ1v) is 6.21. The van der Waals surface area contributed by atoms with Crippen LogP contribution in [0.4, 0.5) is 0 Å². The molecule has 1 aromatic heterocycles. The fourth-order valence-corrected chi connectivity index (χ4v) is 2.04. The number of aryl methyl sites for hydroxylation is 1. The molecule has 0 aliphatic carbocycles. The van der Waals surface area contributed by atoms with Gasteiger partial charge in [-0.1, -0.05) is 33.1 Å². The summed E-state index contributed by atoms with van der Waals surface area (Å²) in [5.74, 6) is 1.72. The lowest BCUT2D eigenvalue weighted by Gasteiger charge is -2.15. The first-order valence-electron chi connectivity index (χ1n) is 5.80. The summed E-state index contributed by atoms with van der Waals surface area (Å²) in [6.07, 6.45) is 5.08. The van der Waals surface area contributed by atoms with E-state index in [4.69, 9.17) is 12.2 Å². The van der Waals surface area contributed by atoms with Crippen molar-refractivity contribution in [2.24, 2.45) is 5.92 Å². The zero-order valence-corrected chi connectivity index (χ0v) is 10.7. The van der Waals surface area contributed by atoms with Gasteiger partial charge in [0.25, 0.3) is 0 Å². The molecule has 0 fully saturated rings. The summed E-state index contributed by atoms with van der Waals surface area (Å²) in [6, 6.07) is 0. The summed E-state index contributed by atoms with van der Waals surface area (Å²) in [5.41, 5.74) is 0. The van der Waals surface area contributed by atoms with Gasteiger partial charge in [-0.15, -0.1) is 0 Å². The quantitative estimate of drug-likeness (QED) is 0.755. The molecule has 1 N–H and O–H groups in total. The summed E-state index contributed by atoms with van der Waals surface area (Å²) in [4.78, 5) is 0. The maximum absolute atomic E-state index is 5.20. The monoisotopic (exact) mass is 227 g/mol. The van der Waals surface area contributed by atoms with E-state index in [0.717, 1.165) is 23.1 Å². The second-order valence-corrected chi connectivity index (χ2v) is 4.49. The molecule has 86 valence electrons. The lowest BCUT2D eigenvalue weighted by molar-refractivity contribution is 0.385. The summed E-state index contributed by atoms with van der Waals surface area (Å²) in [7, 11) is 0. The molecule has 0 radical (unpaired) electrons. The van der Waals surface area contributed by atoms with Crippen molar-refractivity contribution in [2.45, 2.75) is 53.0 Å². The molecule has 1 unspecified atom stereocenters. The van der Waals surface area contributed by atoms with Crippen molar-refractivity contribution in [3.8, 4) is 0 Å². The van der Waals surface area contributed by atoms with E-state index < -0.39 is 0 Å². The Balaban J connectivity index is 2.62. The highest BCUT2D eigenvalue weighted by atomic mass is 32.1. The molecule has 15 heavy (non-hydrogen) atoms. The molecule has 0 bridgehead atoms. The zero-order chi connectivity index (χ0) is 11.3. The van der Waals surface area contributed by atoms with Gasteiger partial charge in [-0.2, -0.15) is 5.10 Å². The van der Waals surface area contributed by atoms with Gasteiger partial charge < -0.3 is 4.57 Å². The smallest absolute Gasteiger partial charge is 0.195 e. The van der Waals surface area contributed by atoms with E-state index in [2.05, 4.69) is 28.6 Å². The minimum atomic E-state index is 0.730. The van der Waals surface area contributed by atoms with Gasteiger partial charge >= 0.3 is 0 Å². The summed E-state index contributed by atoms with van der Waals surface area (Å²) < 4.78 is 2.86. The molecule has 0 aliphatic heterocycles. The molecule has 0 aliphatic rings. The molecule has 0 saturated carbocycles. The van der Waals surface area contributed by atoms with Gasteiger partial charge in [0.1, 0.15) is 5.82 Å². The highest BCUT2D eigenvalue weighted by molar-refractivity contribution is 7.71. The van der Waals surface area contributed by atoms with Crippen LogP contribution in [0.5, 0.6) is 0 Å². The first-order chi connectivity index (χ1) is 7.19. The number of hydrogen-bond acceptors (Lipinski definition) is 2. The van der Waals surface area contributed by atoms with Crippen LogP contribution in [-0.2, 0) is 6.54 Å². The molecule has 1 atom stereocenters. The average Bonchev–Trinajstić information content (AvgIpc) is 2.55. The Kier molecular flexibility index (Phi) is 5.02. The van der Waals surface area contributed by atoms with Crippen LogP contribution in [0.25, 0.3) is 0 Å². The third-order valence-electron chi connectivity index (χ3n) is 2.93. The Morgan fingerprint density at radius 1 is 1.47 bits per heavy atom. The molecule has 1 rings (SSSR count). The molecule has 4 heteroatoms. The second-order valence-electron chi connectivity index (χ2n) is 4.10. The number of hydrogen-bond donors (Lipinski definition) is 1. The van der Waals surface area contributed by atoms with Gasteiger partial charge in [0.15, 0.2) is 4.77 Å². The minimum absolute atomic E-state index is 0.730. The van der Waals surface area contributed by atoms with Crippen molar-refractivity contribution in [2.75, 3.05) is 0 Å². The molecule has 0 spiro atoms. The number of unbranched alkanes of at least 4 members (excludes halogenated alkanes) is 1. The molecule has 1 aromatic rings. The Morgan fingerprint density at radius 2 is 2.20 bits per heavy atom. The summed E-state index contributed by atoms with van der Waals surface area (Å²) in [5, 5.41) is 6.97. The number of H-pyrrole nitrogens is 1. The Morgan fingerprint density at radius 3 is 2.67 bits per heavy atom. The molecule has 0 aromatic carbocycles. The Labute approximate surface area is 96.9 Å². The highest BCUT2D eigenvalue weighted by Gasteiger charge is 2.09. The largest absolute Gasteiger partial charge is 0.304 e. The molecule has 3 nitrogen and oxygen atoms in total. The van der Waals surface area contributed by atoms with Crippen LogP contribution in [-0.4, -0.2) is 14.8 Å². The number of aromatic amines is 1. The van der Waals surface area contributed by atoms with E-state index in [-0.39, 0.29) is 0 Å². The molecule has 1 heterocycles. The fraction of sp³-hybridized carbons (Fsp3) is 0.818. The predicted molar refractivity (Wildman–Crippen MR) is 65.5 cm³/mol. The molecule has 0 saturated heterocycles. The van der Waals surface area contributed by atoms with Gasteiger partial charge in [0, 0.05) is 6.54 Å². The van der Waals surface area contributed by atoms with Crippen LogP contribution in [0, 0.1) is 17.6 Å². The van der Waals surface area contributed by atoms with Gasteiger partial charge in [0.2, 0.25) is 0 Å². The maximum Gasteiger partial charge on any atom is 0.195 e. The van der Waals surface area contributed by atoms with E-state index in [0.29, 0.717) is 0 Å². The minimum Gasteiger partial charge on any atom is -0.304 e. The lowest BCUT2D eigenvalue weighted by Crippen LogP contribution is -2.11. The van der Waals surface area contributed by atoms with Crippen molar-refractivity contribution in [1.82, 2.24) is 14.8 Å². The van der Waals surface area contributed by atoms with Crippen LogP contribution >= 0.6 is 12.2 Å². The van der Waals surface area contributed by atoms with Crippen molar-refractivity contribution in [3.63, 3.8) is 0 Å². The van der Waals surface area contributed by atoms with Crippen molar-refractivity contribution in [3.05, 3.63) is 10.6 Å². The number of nitrogens with zero attached hydrogens (tertiary/aromatic N) is 2. The average molecular weight is 227 g/mol. The summed E-state index contributed by atoms with van der Waals surface area (Å²) >= 11 is 5.20. The van der Waals surface area contributed by atoms with E-state index >= 15 is 0 Å². The second kappa shape index (κ2) is 6.05. The van der Waals surface area contributed by atoms with Crippen LogP contribution in [0.3, 0.4) is 0 Å². The predicted octanol–water partition coefficient (Wildman–Crippen LogP) is 3.47. The van der Waals surface area contributed by atoms with Gasteiger partial charge in [-0.05, 0) is 31.5 Å². The van der Waals surface area contributed by atoms with E-state index in [1.54, 1.807) is 0 Å². The van der Waals surface area contributed by atoms with Crippen molar-refractivity contribution in [1.29, 1.82) is 0 Å². The number of rotatable bonds is 6. The van der Waals surface area contributed by atoms with E-state index in [1.807, 2.05) is 6.92 Å². The van der Waals surface area contributed by atoms with Crippen LogP contribution in [0.1, 0.15) is 45.4 Å². The molecule has 0 amide bonds. The summed E-state index contributed by atoms with van der Waals surface area (Å²) in [6.45, 7) is 7.50. The normalized spacial score (nSPS) is 13.0. The van der Waals surface area contributed by atoms with E-state index in [9.17, 15) is 0 Å². The maximum atomic E-state index is 5.20. The molecular weight excluding hydrogens is 206 g/mol. The topological polar surface area (TPSA) is 33.6 Å². The van der Waals surface area contributed by atoms with E-state index in [1.165, 1.54) is 25.7 Å². The van der Waals surface area contributed by atoms with Gasteiger partial charge in [-0.25, -0.2) is 0 Å². The van der Waals surface area contributed by atoms with Crippen LogP contribution in [0.15, 0.2) is 0 Å².